The van der Waals surface area contributed by atoms with E-state index in [-0.39, 0.29) is 18.0 Å². The van der Waals surface area contributed by atoms with Crippen molar-refractivity contribution < 1.29 is 13.6 Å². The summed E-state index contributed by atoms with van der Waals surface area (Å²) < 4.78 is 25.7. The molecular weight excluding hydrogens is 226 g/mol. The second kappa shape index (κ2) is 4.86. The van der Waals surface area contributed by atoms with Gasteiger partial charge < -0.3 is 0 Å². The fraction of sp³-hybridized carbons (Fsp3) is 0.167. The molecule has 0 aliphatic carbocycles. The van der Waals surface area contributed by atoms with Gasteiger partial charge >= 0.3 is 6.55 Å². The first-order chi connectivity index (χ1) is 8.18. The molecule has 0 amide bonds. The van der Waals surface area contributed by atoms with E-state index < -0.39 is 6.55 Å². The largest absolute Gasteiger partial charge is 0.319 e. The van der Waals surface area contributed by atoms with Gasteiger partial charge in [0.25, 0.3) is 0 Å². The number of carbonyl (C=O) groups is 1. The van der Waals surface area contributed by atoms with Gasteiger partial charge in [-0.2, -0.15) is 8.78 Å². The lowest BCUT2D eigenvalue weighted by atomic mass is 10.1. The summed E-state index contributed by atoms with van der Waals surface area (Å²) >= 11 is 0. The summed E-state index contributed by atoms with van der Waals surface area (Å²) in [5.74, 6) is -0.146. The Morgan fingerprint density at radius 2 is 2.00 bits per heavy atom. The third kappa shape index (κ3) is 2.55. The molecule has 5 heteroatoms. The highest BCUT2D eigenvalue weighted by molar-refractivity contribution is 5.97. The monoisotopic (exact) mass is 236 g/mol. The molecular formula is C12H10F2N2O. The Hall–Kier alpha value is -2.04. The maximum atomic E-state index is 12.5. The van der Waals surface area contributed by atoms with Crippen molar-refractivity contribution in [1.82, 2.24) is 9.55 Å². The molecule has 0 fully saturated rings. The van der Waals surface area contributed by atoms with E-state index in [9.17, 15) is 13.6 Å². The molecule has 1 heterocycles. The lowest BCUT2D eigenvalue weighted by molar-refractivity contribution is 0.0665. The number of halogens is 2. The zero-order valence-electron chi connectivity index (χ0n) is 8.88. The molecule has 0 unspecified atom stereocenters. The highest BCUT2D eigenvalue weighted by Gasteiger charge is 2.15. The van der Waals surface area contributed by atoms with E-state index in [0.29, 0.717) is 10.1 Å². The van der Waals surface area contributed by atoms with E-state index in [2.05, 4.69) is 4.98 Å². The third-order valence-electron chi connectivity index (χ3n) is 2.37. The second-order valence-electron chi connectivity index (χ2n) is 3.49. The number of rotatable bonds is 4. The number of carbonyl (C=O) groups excluding carboxylic acids is 1. The van der Waals surface area contributed by atoms with Crippen LogP contribution in [-0.2, 0) is 6.42 Å². The maximum absolute atomic E-state index is 12.5. The van der Waals surface area contributed by atoms with Gasteiger partial charge in [0, 0.05) is 18.0 Å². The number of hydrogen-bond acceptors (Lipinski definition) is 2. The van der Waals surface area contributed by atoms with Crippen LogP contribution in [0.15, 0.2) is 42.7 Å². The van der Waals surface area contributed by atoms with Crippen molar-refractivity contribution in [3.05, 3.63) is 54.1 Å². The molecule has 0 saturated heterocycles. The van der Waals surface area contributed by atoms with Gasteiger partial charge in [0.05, 0.1) is 6.42 Å². The van der Waals surface area contributed by atoms with Crippen LogP contribution in [0.25, 0.3) is 0 Å². The number of Topliss-reactive ketones (excluding diaryl/α,β-unsaturated/α-hetero) is 1. The Morgan fingerprint density at radius 1 is 1.29 bits per heavy atom. The Labute approximate surface area is 96.7 Å². The molecule has 1 aromatic heterocycles. The average Bonchev–Trinajstić information content (AvgIpc) is 2.78. The van der Waals surface area contributed by atoms with Gasteiger partial charge in [-0.3, -0.25) is 9.36 Å². The van der Waals surface area contributed by atoms with E-state index in [1.807, 2.05) is 0 Å². The summed E-state index contributed by atoms with van der Waals surface area (Å²) in [7, 11) is 0. The van der Waals surface area contributed by atoms with E-state index in [1.165, 1.54) is 6.20 Å². The Balaban J connectivity index is 2.16. The van der Waals surface area contributed by atoms with Crippen molar-refractivity contribution >= 4 is 5.78 Å². The third-order valence-corrected chi connectivity index (χ3v) is 2.37. The Morgan fingerprint density at radius 3 is 2.65 bits per heavy atom. The molecule has 0 aliphatic rings. The van der Waals surface area contributed by atoms with Crippen molar-refractivity contribution in [3.63, 3.8) is 0 Å². The molecule has 1 aromatic carbocycles. The van der Waals surface area contributed by atoms with E-state index in [0.717, 1.165) is 6.20 Å². The van der Waals surface area contributed by atoms with Crippen LogP contribution >= 0.6 is 0 Å². The van der Waals surface area contributed by atoms with Gasteiger partial charge in [0.15, 0.2) is 5.78 Å². The molecule has 2 aromatic rings. The quantitative estimate of drug-likeness (QED) is 0.765. The topological polar surface area (TPSA) is 34.9 Å². The summed E-state index contributed by atoms with van der Waals surface area (Å²) in [6.45, 7) is -2.67. The van der Waals surface area contributed by atoms with Crippen LogP contribution in [0.4, 0.5) is 8.78 Å². The van der Waals surface area contributed by atoms with E-state index in [4.69, 9.17) is 0 Å². The average molecular weight is 236 g/mol. The van der Waals surface area contributed by atoms with Gasteiger partial charge in [-0.1, -0.05) is 30.3 Å². The standard InChI is InChI=1S/C12H10F2N2O/c13-12(14)16-7-6-15-11(16)8-10(17)9-4-2-1-3-5-9/h1-7,12H,8H2. The summed E-state index contributed by atoms with van der Waals surface area (Å²) in [6, 6.07) is 8.55. The molecule has 0 N–H and O–H groups in total. The van der Waals surface area contributed by atoms with Crippen LogP contribution in [0.5, 0.6) is 0 Å². The van der Waals surface area contributed by atoms with Crippen LogP contribution in [-0.4, -0.2) is 15.3 Å². The van der Waals surface area contributed by atoms with Gasteiger partial charge in [0.2, 0.25) is 0 Å². The minimum atomic E-state index is -2.67. The van der Waals surface area contributed by atoms with Crippen molar-refractivity contribution in [2.75, 3.05) is 0 Å². The number of ketones is 1. The lowest BCUT2D eigenvalue weighted by Crippen LogP contribution is -2.10. The molecule has 0 radical (unpaired) electrons. The van der Waals surface area contributed by atoms with Crippen molar-refractivity contribution in [2.45, 2.75) is 13.0 Å². The number of nitrogens with zero attached hydrogens (tertiary/aromatic N) is 2. The van der Waals surface area contributed by atoms with E-state index in [1.54, 1.807) is 30.3 Å². The molecule has 0 atom stereocenters. The van der Waals surface area contributed by atoms with Gasteiger partial charge in [-0.05, 0) is 0 Å². The predicted octanol–water partition coefficient (Wildman–Crippen LogP) is 2.70. The van der Waals surface area contributed by atoms with Crippen molar-refractivity contribution in [3.8, 4) is 0 Å². The lowest BCUT2D eigenvalue weighted by Gasteiger charge is -2.05. The van der Waals surface area contributed by atoms with Crippen molar-refractivity contribution in [2.24, 2.45) is 0 Å². The predicted molar refractivity (Wildman–Crippen MR) is 58.0 cm³/mol. The fourth-order valence-corrected chi connectivity index (χ4v) is 1.53. The zero-order valence-corrected chi connectivity index (χ0v) is 8.88. The molecule has 3 nitrogen and oxygen atoms in total. The highest BCUT2D eigenvalue weighted by atomic mass is 19.3. The molecule has 2 rings (SSSR count). The first kappa shape index (κ1) is 11.4. The molecule has 0 saturated carbocycles. The number of hydrogen-bond donors (Lipinski definition) is 0. The molecule has 17 heavy (non-hydrogen) atoms. The number of alkyl halides is 2. The Kier molecular flexibility index (Phi) is 3.27. The van der Waals surface area contributed by atoms with Crippen LogP contribution < -0.4 is 0 Å². The minimum absolute atomic E-state index is 0.0776. The first-order valence-corrected chi connectivity index (χ1v) is 5.06. The van der Waals surface area contributed by atoms with Crippen LogP contribution in [0, 0.1) is 0 Å². The minimum Gasteiger partial charge on any atom is -0.294 e. The second-order valence-corrected chi connectivity index (χ2v) is 3.49. The number of imidazole rings is 1. The molecule has 0 bridgehead atoms. The summed E-state index contributed by atoms with van der Waals surface area (Å²) in [5.41, 5.74) is 0.497. The first-order valence-electron chi connectivity index (χ1n) is 5.06. The normalized spacial score (nSPS) is 10.8. The fourth-order valence-electron chi connectivity index (χ4n) is 1.53. The van der Waals surface area contributed by atoms with Gasteiger partial charge in [-0.15, -0.1) is 0 Å². The Bertz CT molecular complexity index is 508. The highest BCUT2D eigenvalue weighted by Crippen LogP contribution is 2.14. The SMILES string of the molecule is O=C(Cc1nccn1C(F)F)c1ccccc1. The number of aromatic nitrogens is 2. The van der Waals surface area contributed by atoms with Gasteiger partial charge in [0.1, 0.15) is 5.82 Å². The van der Waals surface area contributed by atoms with Crippen LogP contribution in [0.3, 0.4) is 0 Å². The molecule has 88 valence electrons. The number of benzene rings is 1. The summed E-state index contributed by atoms with van der Waals surface area (Å²) in [4.78, 5) is 15.6. The molecule has 0 aliphatic heterocycles. The summed E-state index contributed by atoms with van der Waals surface area (Å²) in [6.07, 6.45) is 2.30. The smallest absolute Gasteiger partial charge is 0.294 e. The maximum Gasteiger partial charge on any atom is 0.319 e. The van der Waals surface area contributed by atoms with Gasteiger partial charge in [-0.25, -0.2) is 4.98 Å². The summed E-state index contributed by atoms with van der Waals surface area (Å²) in [5, 5.41) is 0. The van der Waals surface area contributed by atoms with Crippen LogP contribution in [0.2, 0.25) is 0 Å². The van der Waals surface area contributed by atoms with Crippen LogP contribution in [0.1, 0.15) is 22.7 Å². The van der Waals surface area contributed by atoms with Crippen molar-refractivity contribution in [1.29, 1.82) is 0 Å². The van der Waals surface area contributed by atoms with E-state index >= 15 is 0 Å². The zero-order chi connectivity index (χ0) is 12.3. The molecule has 0 spiro atoms.